The van der Waals surface area contributed by atoms with E-state index < -0.39 is 10.0 Å². The van der Waals surface area contributed by atoms with E-state index in [1.165, 1.54) is 12.8 Å². The summed E-state index contributed by atoms with van der Waals surface area (Å²) in [5.74, 6) is 0.467. The van der Waals surface area contributed by atoms with E-state index in [1.807, 2.05) is 12.1 Å². The Morgan fingerprint density at radius 3 is 2.33 bits per heavy atom. The van der Waals surface area contributed by atoms with Crippen molar-refractivity contribution in [3.05, 3.63) is 29.8 Å². The smallest absolute Gasteiger partial charge is 0.240 e. The Bertz CT molecular complexity index is 604. The average Bonchev–Trinajstić information content (AvgIpc) is 3.33. The third-order valence-corrected chi connectivity index (χ3v) is 6.08. The summed E-state index contributed by atoms with van der Waals surface area (Å²) in [4.78, 5) is 0.358. The van der Waals surface area contributed by atoms with Crippen molar-refractivity contribution in [2.24, 2.45) is 11.3 Å². The molecular weight excluding hydrogens is 284 g/mol. The van der Waals surface area contributed by atoms with E-state index in [1.54, 1.807) is 12.1 Å². The van der Waals surface area contributed by atoms with Crippen LogP contribution in [0.1, 0.15) is 38.7 Å². The second-order valence-electron chi connectivity index (χ2n) is 7.04. The summed E-state index contributed by atoms with van der Waals surface area (Å²) in [6.45, 7) is 5.70. The molecule has 116 valence electrons. The summed E-state index contributed by atoms with van der Waals surface area (Å²) in [6, 6.07) is 7.85. The highest BCUT2D eigenvalue weighted by atomic mass is 32.2. The fourth-order valence-electron chi connectivity index (χ4n) is 2.55. The summed E-state index contributed by atoms with van der Waals surface area (Å²) in [5, 5.41) is 3.42. The predicted molar refractivity (Wildman–Crippen MR) is 83.4 cm³/mol. The van der Waals surface area contributed by atoms with Gasteiger partial charge < -0.3 is 5.32 Å². The van der Waals surface area contributed by atoms with Crippen LogP contribution in [0.3, 0.4) is 0 Å². The van der Waals surface area contributed by atoms with Crippen molar-refractivity contribution in [1.82, 2.24) is 10.0 Å². The molecule has 0 aromatic heterocycles. The van der Waals surface area contributed by atoms with Crippen LogP contribution < -0.4 is 10.0 Å². The number of sulfonamides is 1. The molecule has 0 saturated heterocycles. The van der Waals surface area contributed by atoms with Gasteiger partial charge in [-0.05, 0) is 48.3 Å². The van der Waals surface area contributed by atoms with E-state index in [4.69, 9.17) is 0 Å². The molecule has 4 nitrogen and oxygen atoms in total. The minimum Gasteiger partial charge on any atom is -0.310 e. The molecule has 0 bridgehead atoms. The molecule has 3 rings (SSSR count). The highest BCUT2D eigenvalue weighted by Crippen LogP contribution is 2.51. The van der Waals surface area contributed by atoms with Crippen LogP contribution >= 0.6 is 0 Å². The van der Waals surface area contributed by atoms with Crippen molar-refractivity contribution >= 4 is 10.0 Å². The average molecular weight is 308 g/mol. The van der Waals surface area contributed by atoms with Gasteiger partial charge in [0.2, 0.25) is 10.0 Å². The minimum atomic E-state index is -3.37. The van der Waals surface area contributed by atoms with Crippen LogP contribution in [-0.2, 0) is 16.6 Å². The van der Waals surface area contributed by atoms with Crippen LogP contribution in [0.4, 0.5) is 0 Å². The standard InChI is InChI=1S/C16H24N2O2S/c1-16(2)9-13(16)11-18-21(19,20)15-7-3-12(4-8-15)10-17-14-5-6-14/h3-4,7-8,13-14,17-18H,5-6,9-11H2,1-2H3. The first-order valence-corrected chi connectivity index (χ1v) is 9.17. The van der Waals surface area contributed by atoms with Crippen LogP contribution in [0, 0.1) is 11.3 Å². The fraction of sp³-hybridized carbons (Fsp3) is 0.625. The molecule has 0 amide bonds. The van der Waals surface area contributed by atoms with Crippen LogP contribution in [0.25, 0.3) is 0 Å². The van der Waals surface area contributed by atoms with Gasteiger partial charge in [-0.15, -0.1) is 0 Å². The van der Waals surface area contributed by atoms with Crippen molar-refractivity contribution in [2.45, 2.75) is 50.6 Å². The summed E-state index contributed by atoms with van der Waals surface area (Å²) in [5.41, 5.74) is 1.42. The van der Waals surface area contributed by atoms with Crippen LogP contribution in [0.2, 0.25) is 0 Å². The predicted octanol–water partition coefficient (Wildman–Crippen LogP) is 2.26. The third-order valence-electron chi connectivity index (χ3n) is 4.64. The Labute approximate surface area is 127 Å². The minimum absolute atomic E-state index is 0.293. The van der Waals surface area contributed by atoms with Gasteiger partial charge in [0.15, 0.2) is 0 Å². The molecule has 2 fully saturated rings. The highest BCUT2D eigenvalue weighted by molar-refractivity contribution is 7.89. The normalized spacial score (nSPS) is 24.0. The number of nitrogens with one attached hydrogen (secondary N) is 2. The van der Waals surface area contributed by atoms with Crippen LogP contribution in [0.5, 0.6) is 0 Å². The zero-order valence-corrected chi connectivity index (χ0v) is 13.5. The lowest BCUT2D eigenvalue weighted by Gasteiger charge is -2.09. The van der Waals surface area contributed by atoms with Crippen LogP contribution in [0.15, 0.2) is 29.2 Å². The molecule has 1 unspecified atom stereocenters. The molecule has 0 radical (unpaired) electrons. The van der Waals surface area contributed by atoms with Crippen LogP contribution in [-0.4, -0.2) is 21.0 Å². The Morgan fingerprint density at radius 1 is 1.19 bits per heavy atom. The maximum Gasteiger partial charge on any atom is 0.240 e. The first kappa shape index (κ1) is 15.0. The second kappa shape index (κ2) is 5.38. The topological polar surface area (TPSA) is 58.2 Å². The quantitative estimate of drug-likeness (QED) is 0.812. The van der Waals surface area contributed by atoms with Gasteiger partial charge in [-0.2, -0.15) is 0 Å². The number of hydrogen-bond donors (Lipinski definition) is 2. The van der Waals surface area contributed by atoms with E-state index >= 15 is 0 Å². The molecule has 2 aliphatic rings. The van der Waals surface area contributed by atoms with E-state index in [-0.39, 0.29) is 0 Å². The lowest BCUT2D eigenvalue weighted by Crippen LogP contribution is -2.26. The zero-order valence-electron chi connectivity index (χ0n) is 12.7. The van der Waals surface area contributed by atoms with Crippen molar-refractivity contribution in [3.8, 4) is 0 Å². The summed E-state index contributed by atoms with van der Waals surface area (Å²) < 4.78 is 27.2. The lowest BCUT2D eigenvalue weighted by molar-refractivity contribution is 0.537. The number of benzene rings is 1. The van der Waals surface area contributed by atoms with Crippen molar-refractivity contribution in [3.63, 3.8) is 0 Å². The number of hydrogen-bond acceptors (Lipinski definition) is 3. The van der Waals surface area contributed by atoms with E-state index in [0.29, 0.717) is 28.8 Å². The molecule has 0 aliphatic heterocycles. The van der Waals surface area contributed by atoms with Gasteiger partial charge in [-0.1, -0.05) is 26.0 Å². The molecule has 1 atom stereocenters. The highest BCUT2D eigenvalue weighted by Gasteiger charge is 2.45. The molecule has 1 aromatic carbocycles. The van der Waals surface area contributed by atoms with E-state index in [0.717, 1.165) is 18.5 Å². The van der Waals surface area contributed by atoms with Crippen molar-refractivity contribution in [1.29, 1.82) is 0 Å². The van der Waals surface area contributed by atoms with Gasteiger partial charge in [0.25, 0.3) is 0 Å². The van der Waals surface area contributed by atoms with E-state index in [2.05, 4.69) is 23.9 Å². The molecule has 2 N–H and O–H groups in total. The summed E-state index contributed by atoms with van der Waals surface area (Å²) in [6.07, 6.45) is 3.61. The SMILES string of the molecule is CC1(C)CC1CNS(=O)(=O)c1ccc(CNC2CC2)cc1. The molecule has 21 heavy (non-hydrogen) atoms. The molecule has 0 spiro atoms. The Morgan fingerprint density at radius 2 is 1.81 bits per heavy atom. The largest absolute Gasteiger partial charge is 0.310 e. The zero-order chi connectivity index (χ0) is 15.1. The van der Waals surface area contributed by atoms with Crippen molar-refractivity contribution in [2.75, 3.05) is 6.54 Å². The summed E-state index contributed by atoms with van der Waals surface area (Å²) >= 11 is 0. The maximum absolute atomic E-state index is 12.2. The monoisotopic (exact) mass is 308 g/mol. The van der Waals surface area contributed by atoms with E-state index in [9.17, 15) is 8.42 Å². The lowest BCUT2D eigenvalue weighted by atomic mass is 10.1. The van der Waals surface area contributed by atoms with Gasteiger partial charge in [0.1, 0.15) is 0 Å². The van der Waals surface area contributed by atoms with Gasteiger partial charge >= 0.3 is 0 Å². The second-order valence-corrected chi connectivity index (χ2v) is 8.81. The molecule has 5 heteroatoms. The summed E-state index contributed by atoms with van der Waals surface area (Å²) in [7, 11) is -3.37. The van der Waals surface area contributed by atoms with Gasteiger partial charge in [0, 0.05) is 19.1 Å². The first-order valence-electron chi connectivity index (χ1n) is 7.69. The Hall–Kier alpha value is -0.910. The van der Waals surface area contributed by atoms with Crippen molar-refractivity contribution < 1.29 is 8.42 Å². The number of rotatable bonds is 7. The van der Waals surface area contributed by atoms with Gasteiger partial charge in [-0.3, -0.25) is 0 Å². The third kappa shape index (κ3) is 3.84. The van der Waals surface area contributed by atoms with Gasteiger partial charge in [-0.25, -0.2) is 13.1 Å². The Kier molecular flexibility index (Phi) is 3.84. The van der Waals surface area contributed by atoms with Gasteiger partial charge in [0.05, 0.1) is 4.90 Å². The molecule has 1 aromatic rings. The molecule has 2 saturated carbocycles. The fourth-order valence-corrected chi connectivity index (χ4v) is 3.64. The maximum atomic E-state index is 12.2. The Balaban J connectivity index is 1.56. The molecule has 2 aliphatic carbocycles. The molecular formula is C16H24N2O2S. The molecule has 0 heterocycles. The first-order chi connectivity index (χ1) is 9.87.